The lowest BCUT2D eigenvalue weighted by Crippen LogP contribution is -2.57. The second kappa shape index (κ2) is 9.53. The molecular formula is C29H49NO3. The standard InChI is InChI=1S/C29H49NO3/c1-18(2)8-7-9-19(3)23-10-11-24-22-17-27(30-32)26-16-21(33-20(4)31)12-14-29(26,6)25(22)13-15-28(23,24)5/h18-19,21-26,32H,7-17H2,1-6H3/b30-27-/t19-,21+,22+,23-,24+,25+,26+,28-,29-/m1/s1. The molecule has 33 heavy (non-hydrogen) atoms. The van der Waals surface area contributed by atoms with E-state index in [4.69, 9.17) is 4.74 Å². The molecule has 4 heteroatoms. The summed E-state index contributed by atoms with van der Waals surface area (Å²) < 4.78 is 5.61. The number of oxime groups is 1. The highest BCUT2D eigenvalue weighted by Gasteiger charge is 2.62. The minimum atomic E-state index is -0.187. The van der Waals surface area contributed by atoms with Gasteiger partial charge in [0.25, 0.3) is 0 Å². The number of carbonyl (C=O) groups excluding carboxylic acids is 1. The van der Waals surface area contributed by atoms with Crippen molar-refractivity contribution in [3.05, 3.63) is 0 Å². The molecule has 9 atom stereocenters. The van der Waals surface area contributed by atoms with Gasteiger partial charge in [-0.1, -0.05) is 59.0 Å². The lowest BCUT2D eigenvalue weighted by molar-refractivity contribution is -0.153. The van der Waals surface area contributed by atoms with Gasteiger partial charge in [-0.15, -0.1) is 0 Å². The van der Waals surface area contributed by atoms with Crippen molar-refractivity contribution in [2.75, 3.05) is 0 Å². The molecule has 4 rings (SSSR count). The number of fused-ring (bicyclic) bond motifs is 5. The minimum absolute atomic E-state index is 0.0229. The second-order valence-corrected chi connectivity index (χ2v) is 13.3. The average molecular weight is 460 g/mol. The van der Waals surface area contributed by atoms with E-state index in [1.54, 1.807) is 0 Å². The number of esters is 1. The molecule has 0 radical (unpaired) electrons. The van der Waals surface area contributed by atoms with Crippen LogP contribution in [0.5, 0.6) is 0 Å². The second-order valence-electron chi connectivity index (χ2n) is 13.3. The van der Waals surface area contributed by atoms with Crippen LogP contribution in [0.3, 0.4) is 0 Å². The molecule has 0 saturated heterocycles. The summed E-state index contributed by atoms with van der Waals surface area (Å²) in [7, 11) is 0. The first kappa shape index (κ1) is 25.0. The number of rotatable bonds is 6. The van der Waals surface area contributed by atoms with Crippen molar-refractivity contribution in [1.29, 1.82) is 0 Å². The van der Waals surface area contributed by atoms with Crippen LogP contribution in [0.2, 0.25) is 0 Å². The number of hydrogen-bond acceptors (Lipinski definition) is 4. The Morgan fingerprint density at radius 1 is 1.06 bits per heavy atom. The zero-order valence-corrected chi connectivity index (χ0v) is 22.1. The van der Waals surface area contributed by atoms with Gasteiger partial charge in [-0.05, 0) is 97.7 Å². The highest BCUT2D eigenvalue weighted by atomic mass is 16.5. The third-order valence-corrected chi connectivity index (χ3v) is 11.1. The SMILES string of the molecule is CC(=O)O[C@H]1CC[C@@]2(C)[C@@H](C1)/C(=N\O)C[C@@H]1[C@@H]2CC[C@]2(C)[C@@H]([C@H](C)CCCC(C)C)CC[C@@H]12. The predicted octanol–water partition coefficient (Wildman–Crippen LogP) is 7.48. The normalized spacial score (nSPS) is 44.8. The molecule has 0 aliphatic heterocycles. The molecule has 0 heterocycles. The molecule has 4 saturated carbocycles. The molecule has 4 nitrogen and oxygen atoms in total. The van der Waals surface area contributed by atoms with Gasteiger partial charge in [0, 0.05) is 12.8 Å². The van der Waals surface area contributed by atoms with Crippen LogP contribution in [0.1, 0.15) is 112 Å². The molecule has 0 spiro atoms. The Morgan fingerprint density at radius 2 is 1.76 bits per heavy atom. The molecule has 0 aromatic rings. The fourth-order valence-electron chi connectivity index (χ4n) is 9.51. The van der Waals surface area contributed by atoms with E-state index in [2.05, 4.69) is 39.8 Å². The van der Waals surface area contributed by atoms with E-state index >= 15 is 0 Å². The summed E-state index contributed by atoms with van der Waals surface area (Å²) in [5.74, 6) is 4.64. The molecule has 1 N–H and O–H groups in total. The van der Waals surface area contributed by atoms with Crippen LogP contribution in [0.15, 0.2) is 5.16 Å². The molecule has 188 valence electrons. The first-order chi connectivity index (χ1) is 15.6. The highest BCUT2D eigenvalue weighted by molar-refractivity contribution is 5.88. The Kier molecular flexibility index (Phi) is 7.23. The molecule has 0 aromatic carbocycles. The van der Waals surface area contributed by atoms with Crippen molar-refractivity contribution in [1.82, 2.24) is 0 Å². The highest BCUT2D eigenvalue weighted by Crippen LogP contribution is 2.68. The molecule has 0 bridgehead atoms. The Bertz CT molecular complexity index is 747. The number of carbonyl (C=O) groups is 1. The van der Waals surface area contributed by atoms with E-state index in [-0.39, 0.29) is 23.4 Å². The van der Waals surface area contributed by atoms with Crippen molar-refractivity contribution in [3.8, 4) is 0 Å². The van der Waals surface area contributed by atoms with Gasteiger partial charge in [0.2, 0.25) is 0 Å². The van der Waals surface area contributed by atoms with Crippen molar-refractivity contribution in [3.63, 3.8) is 0 Å². The summed E-state index contributed by atoms with van der Waals surface area (Å²) in [6, 6.07) is 0. The van der Waals surface area contributed by atoms with E-state index in [1.165, 1.54) is 51.9 Å². The smallest absolute Gasteiger partial charge is 0.302 e. The summed E-state index contributed by atoms with van der Waals surface area (Å²) in [5.41, 5.74) is 1.61. The van der Waals surface area contributed by atoms with Crippen molar-refractivity contribution < 1.29 is 14.7 Å². The van der Waals surface area contributed by atoms with E-state index in [9.17, 15) is 10.0 Å². The summed E-state index contributed by atoms with van der Waals surface area (Å²) in [6.07, 6.45) is 13.3. The third kappa shape index (κ3) is 4.49. The Hall–Kier alpha value is -1.06. The molecule has 4 aliphatic rings. The Labute approximate surface area is 202 Å². The fraction of sp³-hybridized carbons (Fsp3) is 0.931. The number of hydrogen-bond donors (Lipinski definition) is 1. The summed E-state index contributed by atoms with van der Waals surface area (Å²) >= 11 is 0. The van der Waals surface area contributed by atoms with Crippen LogP contribution in [-0.2, 0) is 9.53 Å². The molecule has 0 unspecified atom stereocenters. The van der Waals surface area contributed by atoms with Crippen LogP contribution in [-0.4, -0.2) is 23.0 Å². The molecule has 4 fully saturated rings. The molecular weight excluding hydrogens is 410 g/mol. The minimum Gasteiger partial charge on any atom is -0.463 e. The van der Waals surface area contributed by atoms with Gasteiger partial charge in [-0.25, -0.2) is 0 Å². The Morgan fingerprint density at radius 3 is 2.42 bits per heavy atom. The fourth-order valence-corrected chi connectivity index (χ4v) is 9.51. The monoisotopic (exact) mass is 459 g/mol. The van der Waals surface area contributed by atoms with E-state index in [0.29, 0.717) is 17.3 Å². The first-order valence-corrected chi connectivity index (χ1v) is 14.0. The third-order valence-electron chi connectivity index (χ3n) is 11.1. The quantitative estimate of drug-likeness (QED) is 0.254. The molecule has 0 amide bonds. The zero-order valence-electron chi connectivity index (χ0n) is 22.1. The van der Waals surface area contributed by atoms with Gasteiger partial charge in [0.1, 0.15) is 6.10 Å². The lowest BCUT2D eigenvalue weighted by atomic mass is 9.44. The van der Waals surface area contributed by atoms with Crippen LogP contribution in [0, 0.1) is 52.3 Å². The van der Waals surface area contributed by atoms with Gasteiger partial charge in [-0.2, -0.15) is 0 Å². The topological polar surface area (TPSA) is 58.9 Å². The maximum Gasteiger partial charge on any atom is 0.302 e. The summed E-state index contributed by atoms with van der Waals surface area (Å²) in [5, 5.41) is 14.0. The Balaban J connectivity index is 1.51. The summed E-state index contributed by atoms with van der Waals surface area (Å²) in [6.45, 7) is 13.8. The van der Waals surface area contributed by atoms with Gasteiger partial charge in [0.05, 0.1) is 5.71 Å². The maximum absolute atomic E-state index is 11.6. The zero-order chi connectivity index (χ0) is 24.0. The van der Waals surface area contributed by atoms with E-state index in [0.717, 1.165) is 55.1 Å². The number of ether oxygens (including phenoxy) is 1. The van der Waals surface area contributed by atoms with Crippen molar-refractivity contribution >= 4 is 11.7 Å². The molecule has 4 aliphatic carbocycles. The number of nitrogens with zero attached hydrogens (tertiary/aromatic N) is 1. The van der Waals surface area contributed by atoms with Gasteiger partial charge >= 0.3 is 5.97 Å². The van der Waals surface area contributed by atoms with E-state index < -0.39 is 0 Å². The van der Waals surface area contributed by atoms with E-state index in [1.807, 2.05) is 0 Å². The lowest BCUT2D eigenvalue weighted by Gasteiger charge is -2.61. The summed E-state index contributed by atoms with van der Waals surface area (Å²) in [4.78, 5) is 11.6. The van der Waals surface area contributed by atoms with Crippen molar-refractivity contribution in [2.45, 2.75) is 118 Å². The van der Waals surface area contributed by atoms with Gasteiger partial charge < -0.3 is 9.94 Å². The van der Waals surface area contributed by atoms with Crippen LogP contribution < -0.4 is 0 Å². The van der Waals surface area contributed by atoms with Crippen LogP contribution >= 0.6 is 0 Å². The predicted molar refractivity (Wildman–Crippen MR) is 133 cm³/mol. The van der Waals surface area contributed by atoms with Gasteiger partial charge in [-0.3, -0.25) is 4.79 Å². The van der Waals surface area contributed by atoms with Crippen molar-refractivity contribution in [2.24, 2.45) is 57.4 Å². The largest absolute Gasteiger partial charge is 0.463 e. The molecule has 0 aromatic heterocycles. The van der Waals surface area contributed by atoms with Gasteiger partial charge in [0.15, 0.2) is 0 Å². The maximum atomic E-state index is 11.6. The first-order valence-electron chi connectivity index (χ1n) is 14.0. The van der Waals surface area contributed by atoms with Crippen LogP contribution in [0.4, 0.5) is 0 Å². The average Bonchev–Trinajstić information content (AvgIpc) is 3.10. The van der Waals surface area contributed by atoms with Crippen LogP contribution in [0.25, 0.3) is 0 Å².